The summed E-state index contributed by atoms with van der Waals surface area (Å²) >= 11 is 2.70. The van der Waals surface area contributed by atoms with Crippen LogP contribution in [-0.2, 0) is 6.61 Å². The van der Waals surface area contributed by atoms with Gasteiger partial charge in [-0.1, -0.05) is 30.3 Å². The molecule has 0 atom stereocenters. The zero-order chi connectivity index (χ0) is 14.7. The van der Waals surface area contributed by atoms with Gasteiger partial charge in [0, 0.05) is 10.9 Å². The molecule has 0 aliphatic carbocycles. The fourth-order valence-corrected chi connectivity index (χ4v) is 3.29. The fraction of sp³-hybridized carbons (Fsp3) is 0.0667. The Hall–Kier alpha value is -2.18. The normalized spacial score (nSPS) is 10.5. The minimum atomic E-state index is -0.969. The Balaban J connectivity index is 1.71. The third-order valence-corrected chi connectivity index (χ3v) is 4.60. The molecule has 1 N–H and O–H groups in total. The number of hydrogen-bond acceptors (Lipinski definition) is 5. The minimum absolute atomic E-state index is 0.216. The Kier molecular flexibility index (Phi) is 3.98. The van der Waals surface area contributed by atoms with Crippen molar-refractivity contribution in [2.24, 2.45) is 0 Å². The lowest BCUT2D eigenvalue weighted by Gasteiger charge is -2.02. The number of nitrogens with zero attached hydrogens (tertiary/aromatic N) is 1. The number of aromatic carboxylic acids is 1. The van der Waals surface area contributed by atoms with Crippen molar-refractivity contribution in [3.05, 3.63) is 57.7 Å². The first kappa shape index (κ1) is 13.8. The second kappa shape index (κ2) is 6.07. The number of ether oxygens (including phenoxy) is 1. The largest absolute Gasteiger partial charge is 0.485 e. The molecule has 6 heteroatoms. The number of hydrogen-bond donors (Lipinski definition) is 1. The Morgan fingerprint density at radius 2 is 2.00 bits per heavy atom. The van der Waals surface area contributed by atoms with Gasteiger partial charge in [-0.15, -0.1) is 22.7 Å². The Morgan fingerprint density at radius 3 is 2.76 bits per heavy atom. The first-order valence-electron chi connectivity index (χ1n) is 6.17. The van der Waals surface area contributed by atoms with Gasteiger partial charge in [0.2, 0.25) is 0 Å². The van der Waals surface area contributed by atoms with E-state index in [0.29, 0.717) is 5.75 Å². The molecule has 0 radical (unpaired) electrons. The molecule has 0 saturated heterocycles. The molecule has 0 saturated carbocycles. The number of thiazole rings is 1. The van der Waals surface area contributed by atoms with E-state index in [1.807, 2.05) is 35.7 Å². The summed E-state index contributed by atoms with van der Waals surface area (Å²) in [6.07, 6.45) is 0. The molecule has 21 heavy (non-hydrogen) atoms. The molecule has 0 amide bonds. The van der Waals surface area contributed by atoms with Crippen LogP contribution < -0.4 is 4.74 Å². The van der Waals surface area contributed by atoms with Gasteiger partial charge in [0.1, 0.15) is 17.4 Å². The van der Waals surface area contributed by atoms with Gasteiger partial charge < -0.3 is 9.84 Å². The molecule has 0 aliphatic rings. The lowest BCUT2D eigenvalue weighted by atomic mass is 10.2. The number of carbonyl (C=O) groups is 1. The van der Waals surface area contributed by atoms with Crippen molar-refractivity contribution >= 4 is 28.6 Å². The smallest absolute Gasteiger partial charge is 0.349 e. The van der Waals surface area contributed by atoms with E-state index in [2.05, 4.69) is 4.98 Å². The highest BCUT2D eigenvalue weighted by molar-refractivity contribution is 7.13. The Bertz CT molecular complexity index is 749. The van der Waals surface area contributed by atoms with Gasteiger partial charge >= 0.3 is 5.97 Å². The zero-order valence-corrected chi connectivity index (χ0v) is 12.5. The SMILES string of the molecule is O=C(O)c1sccc1OCc1csc(-c2ccccc2)n1. The predicted molar refractivity (Wildman–Crippen MR) is 83.2 cm³/mol. The summed E-state index contributed by atoms with van der Waals surface area (Å²) in [5.74, 6) is -0.579. The van der Waals surface area contributed by atoms with Gasteiger partial charge in [-0.25, -0.2) is 9.78 Å². The van der Waals surface area contributed by atoms with Crippen molar-refractivity contribution in [1.82, 2.24) is 4.98 Å². The lowest BCUT2D eigenvalue weighted by molar-refractivity contribution is 0.0697. The third kappa shape index (κ3) is 3.12. The van der Waals surface area contributed by atoms with Crippen molar-refractivity contribution < 1.29 is 14.6 Å². The molecule has 0 bridgehead atoms. The van der Waals surface area contributed by atoms with Crippen molar-refractivity contribution in [1.29, 1.82) is 0 Å². The molecular weight excluding hydrogens is 306 g/mol. The van der Waals surface area contributed by atoms with Crippen LogP contribution in [0.1, 0.15) is 15.4 Å². The second-order valence-corrected chi connectivity index (χ2v) is 5.99. The first-order valence-corrected chi connectivity index (χ1v) is 7.93. The van der Waals surface area contributed by atoms with Crippen molar-refractivity contribution in [2.75, 3.05) is 0 Å². The zero-order valence-electron chi connectivity index (χ0n) is 10.9. The molecule has 1 aromatic carbocycles. The van der Waals surface area contributed by atoms with Crippen LogP contribution in [0.5, 0.6) is 5.75 Å². The summed E-state index contributed by atoms with van der Waals surface area (Å²) in [4.78, 5) is 15.7. The monoisotopic (exact) mass is 317 g/mol. The Morgan fingerprint density at radius 1 is 1.19 bits per heavy atom. The molecule has 0 fully saturated rings. The summed E-state index contributed by atoms with van der Waals surface area (Å²) in [6.45, 7) is 0.264. The molecule has 0 aliphatic heterocycles. The quantitative estimate of drug-likeness (QED) is 0.768. The third-order valence-electron chi connectivity index (χ3n) is 2.77. The summed E-state index contributed by atoms with van der Waals surface area (Å²) in [5.41, 5.74) is 1.86. The van der Waals surface area contributed by atoms with Crippen LogP contribution in [0.25, 0.3) is 10.6 Å². The van der Waals surface area contributed by atoms with Crippen molar-refractivity contribution in [3.8, 4) is 16.3 Å². The van der Waals surface area contributed by atoms with Crippen LogP contribution >= 0.6 is 22.7 Å². The standard InChI is InChI=1S/C15H11NO3S2/c17-15(18)13-12(6-7-20-13)19-8-11-9-21-14(16-11)10-4-2-1-3-5-10/h1-7,9H,8H2,(H,17,18). The number of thiophene rings is 1. The summed E-state index contributed by atoms with van der Waals surface area (Å²) in [6, 6.07) is 11.6. The first-order chi connectivity index (χ1) is 10.2. The fourth-order valence-electron chi connectivity index (χ4n) is 1.81. The van der Waals surface area contributed by atoms with Gasteiger partial charge in [-0.3, -0.25) is 0 Å². The average molecular weight is 317 g/mol. The lowest BCUT2D eigenvalue weighted by Crippen LogP contribution is -2.00. The van der Waals surface area contributed by atoms with Gasteiger partial charge in [0.05, 0.1) is 5.69 Å². The summed E-state index contributed by atoms with van der Waals surface area (Å²) in [5, 5.41) is 13.6. The highest BCUT2D eigenvalue weighted by Crippen LogP contribution is 2.27. The maximum Gasteiger partial charge on any atom is 0.349 e. The van der Waals surface area contributed by atoms with E-state index in [0.717, 1.165) is 27.6 Å². The van der Waals surface area contributed by atoms with Gasteiger partial charge in [0.15, 0.2) is 4.88 Å². The van der Waals surface area contributed by atoms with Crippen LogP contribution in [0, 0.1) is 0 Å². The van der Waals surface area contributed by atoms with Crippen LogP contribution in [-0.4, -0.2) is 16.1 Å². The molecular formula is C15H11NO3S2. The molecule has 0 unspecified atom stereocenters. The summed E-state index contributed by atoms with van der Waals surface area (Å²) < 4.78 is 5.55. The van der Waals surface area contributed by atoms with Crippen molar-refractivity contribution in [2.45, 2.75) is 6.61 Å². The summed E-state index contributed by atoms with van der Waals surface area (Å²) in [7, 11) is 0. The highest BCUT2D eigenvalue weighted by atomic mass is 32.1. The number of carboxylic acids is 1. The van der Waals surface area contributed by atoms with Crippen LogP contribution in [0.2, 0.25) is 0 Å². The Labute approximate surface area is 129 Å². The molecule has 0 spiro atoms. The number of benzene rings is 1. The van der Waals surface area contributed by atoms with E-state index in [1.165, 1.54) is 0 Å². The molecule has 106 valence electrons. The van der Waals surface area contributed by atoms with E-state index < -0.39 is 5.97 Å². The molecule has 2 aromatic heterocycles. The number of carboxylic acid groups (broad SMARTS) is 1. The second-order valence-electron chi connectivity index (χ2n) is 4.22. The van der Waals surface area contributed by atoms with E-state index in [1.54, 1.807) is 22.8 Å². The van der Waals surface area contributed by atoms with Gasteiger partial charge in [-0.2, -0.15) is 0 Å². The number of aromatic nitrogens is 1. The van der Waals surface area contributed by atoms with Crippen LogP contribution in [0.4, 0.5) is 0 Å². The van der Waals surface area contributed by atoms with Crippen molar-refractivity contribution in [3.63, 3.8) is 0 Å². The van der Waals surface area contributed by atoms with Crippen LogP contribution in [0.3, 0.4) is 0 Å². The maximum absolute atomic E-state index is 11.0. The molecule has 4 nitrogen and oxygen atoms in total. The molecule has 3 aromatic rings. The van der Waals surface area contributed by atoms with Gasteiger partial charge in [-0.05, 0) is 11.4 Å². The van der Waals surface area contributed by atoms with E-state index in [-0.39, 0.29) is 11.5 Å². The predicted octanol–water partition coefficient (Wildman–Crippen LogP) is 4.15. The van der Waals surface area contributed by atoms with E-state index in [4.69, 9.17) is 9.84 Å². The van der Waals surface area contributed by atoms with E-state index in [9.17, 15) is 4.79 Å². The molecule has 2 heterocycles. The number of rotatable bonds is 5. The highest BCUT2D eigenvalue weighted by Gasteiger charge is 2.13. The maximum atomic E-state index is 11.0. The van der Waals surface area contributed by atoms with Gasteiger partial charge in [0.25, 0.3) is 0 Å². The topological polar surface area (TPSA) is 59.4 Å². The average Bonchev–Trinajstić information content (AvgIpc) is 3.15. The van der Waals surface area contributed by atoms with E-state index >= 15 is 0 Å². The molecule has 3 rings (SSSR count). The van der Waals surface area contributed by atoms with Crippen LogP contribution in [0.15, 0.2) is 47.2 Å². The minimum Gasteiger partial charge on any atom is -0.485 e.